The summed E-state index contributed by atoms with van der Waals surface area (Å²) >= 11 is 0. The van der Waals surface area contributed by atoms with Gasteiger partial charge in [-0.15, -0.1) is 0 Å². The lowest BCUT2D eigenvalue weighted by Gasteiger charge is -2.00. The number of halogens is 1. The Morgan fingerprint density at radius 1 is 0.826 bits per heavy atom. The monoisotopic (exact) mass is 302 g/mol. The van der Waals surface area contributed by atoms with Crippen LogP contribution in [-0.4, -0.2) is 9.97 Å². The van der Waals surface area contributed by atoms with E-state index in [-0.39, 0.29) is 5.82 Å². The molecular weight excluding hydrogens is 287 g/mol. The van der Waals surface area contributed by atoms with Gasteiger partial charge in [-0.2, -0.15) is 0 Å². The average molecular weight is 302 g/mol. The number of benzene rings is 2. The largest absolute Gasteiger partial charge is 0.236 e. The molecule has 1 heterocycles. The van der Waals surface area contributed by atoms with Crippen LogP contribution < -0.4 is 0 Å². The van der Waals surface area contributed by atoms with Crippen molar-refractivity contribution in [2.45, 2.75) is 13.8 Å². The fraction of sp³-hybridized carbons (Fsp3) is 0.100. The number of hydrogen-bond acceptors (Lipinski definition) is 2. The van der Waals surface area contributed by atoms with E-state index < -0.39 is 0 Å². The summed E-state index contributed by atoms with van der Waals surface area (Å²) in [5.41, 5.74) is 4.06. The number of aromatic nitrogens is 2. The zero-order valence-electron chi connectivity index (χ0n) is 13.0. The highest BCUT2D eigenvalue weighted by molar-refractivity contribution is 5.57. The third kappa shape index (κ3) is 3.61. The van der Waals surface area contributed by atoms with Crippen molar-refractivity contribution in [2.24, 2.45) is 0 Å². The van der Waals surface area contributed by atoms with Gasteiger partial charge in [0.25, 0.3) is 0 Å². The summed E-state index contributed by atoms with van der Waals surface area (Å²) in [5.74, 6) is 6.24. The first-order valence-corrected chi connectivity index (χ1v) is 7.29. The molecule has 0 saturated carbocycles. The smallest absolute Gasteiger partial charge is 0.159 e. The Morgan fingerprint density at radius 3 is 2.17 bits per heavy atom. The number of hydrogen-bond donors (Lipinski definition) is 0. The lowest BCUT2D eigenvalue weighted by Crippen LogP contribution is -1.89. The predicted molar refractivity (Wildman–Crippen MR) is 89.3 cm³/mol. The Morgan fingerprint density at radius 2 is 1.52 bits per heavy atom. The van der Waals surface area contributed by atoms with Gasteiger partial charge in [-0.1, -0.05) is 17.9 Å². The predicted octanol–water partition coefficient (Wildman–Crippen LogP) is 4.30. The highest BCUT2D eigenvalue weighted by atomic mass is 19.1. The molecule has 112 valence electrons. The second-order valence-corrected chi connectivity index (χ2v) is 5.39. The van der Waals surface area contributed by atoms with Gasteiger partial charge in [0, 0.05) is 23.5 Å². The molecule has 0 aliphatic carbocycles. The van der Waals surface area contributed by atoms with Gasteiger partial charge < -0.3 is 0 Å². The summed E-state index contributed by atoms with van der Waals surface area (Å²) in [7, 11) is 0. The average Bonchev–Trinajstić information content (AvgIpc) is 2.55. The van der Waals surface area contributed by atoms with Crippen LogP contribution in [0.2, 0.25) is 0 Å². The maximum Gasteiger partial charge on any atom is 0.159 e. The van der Waals surface area contributed by atoms with Crippen molar-refractivity contribution in [3.05, 3.63) is 82.9 Å². The van der Waals surface area contributed by atoms with Crippen molar-refractivity contribution < 1.29 is 4.39 Å². The zero-order chi connectivity index (χ0) is 16.2. The molecule has 0 saturated heterocycles. The minimum atomic E-state index is -0.290. The molecule has 0 amide bonds. The molecule has 0 radical (unpaired) electrons. The molecule has 0 atom stereocenters. The van der Waals surface area contributed by atoms with Crippen molar-refractivity contribution in [1.82, 2.24) is 9.97 Å². The molecule has 2 aromatic carbocycles. The number of nitrogens with zero attached hydrogens (tertiary/aromatic N) is 2. The Bertz CT molecular complexity index is 886. The molecule has 3 aromatic rings. The molecular formula is C20H15FN2. The van der Waals surface area contributed by atoms with Crippen LogP contribution in [0.5, 0.6) is 0 Å². The van der Waals surface area contributed by atoms with E-state index >= 15 is 0 Å². The molecule has 0 bridgehead atoms. The van der Waals surface area contributed by atoms with Gasteiger partial charge >= 0.3 is 0 Å². The maximum absolute atomic E-state index is 13.8. The van der Waals surface area contributed by atoms with E-state index in [0.29, 0.717) is 11.4 Å². The van der Waals surface area contributed by atoms with Crippen LogP contribution in [0, 0.1) is 31.5 Å². The minimum Gasteiger partial charge on any atom is -0.236 e. The van der Waals surface area contributed by atoms with E-state index in [1.165, 1.54) is 6.07 Å². The molecule has 1 aromatic heterocycles. The van der Waals surface area contributed by atoms with E-state index in [0.717, 1.165) is 22.3 Å². The third-order valence-electron chi connectivity index (χ3n) is 3.39. The van der Waals surface area contributed by atoms with Gasteiger partial charge in [0.15, 0.2) is 5.82 Å². The van der Waals surface area contributed by atoms with Gasteiger partial charge in [0.1, 0.15) is 5.82 Å². The van der Waals surface area contributed by atoms with E-state index in [1.54, 1.807) is 18.5 Å². The van der Waals surface area contributed by atoms with Crippen LogP contribution in [0.4, 0.5) is 4.39 Å². The molecule has 0 spiro atoms. The van der Waals surface area contributed by atoms with Crippen LogP contribution in [0.3, 0.4) is 0 Å². The molecule has 23 heavy (non-hydrogen) atoms. The summed E-state index contributed by atoms with van der Waals surface area (Å²) in [4.78, 5) is 8.59. The first kappa shape index (κ1) is 14.9. The van der Waals surface area contributed by atoms with Crippen molar-refractivity contribution in [3.63, 3.8) is 0 Å². The summed E-state index contributed by atoms with van der Waals surface area (Å²) in [6.45, 7) is 3.80. The maximum atomic E-state index is 13.8. The van der Waals surface area contributed by atoms with Crippen LogP contribution in [0.1, 0.15) is 22.3 Å². The van der Waals surface area contributed by atoms with Crippen LogP contribution in [0.15, 0.2) is 54.9 Å². The van der Waals surface area contributed by atoms with Crippen molar-refractivity contribution >= 4 is 0 Å². The highest BCUT2D eigenvalue weighted by Crippen LogP contribution is 2.15. The number of rotatable bonds is 1. The first-order chi connectivity index (χ1) is 11.1. The first-order valence-electron chi connectivity index (χ1n) is 7.29. The fourth-order valence-corrected chi connectivity index (χ4v) is 2.11. The van der Waals surface area contributed by atoms with Crippen LogP contribution in [0.25, 0.3) is 11.4 Å². The summed E-state index contributed by atoms with van der Waals surface area (Å²) < 4.78 is 13.8. The highest BCUT2D eigenvalue weighted by Gasteiger charge is 2.01. The van der Waals surface area contributed by atoms with Gasteiger partial charge in [0.05, 0.1) is 5.56 Å². The molecule has 0 fully saturated rings. The molecule has 2 nitrogen and oxygen atoms in total. The number of aryl methyl sites for hydroxylation is 2. The lowest BCUT2D eigenvalue weighted by molar-refractivity contribution is 0.623. The van der Waals surface area contributed by atoms with Gasteiger partial charge in [-0.05, 0) is 61.4 Å². The normalized spacial score (nSPS) is 10.0. The topological polar surface area (TPSA) is 25.8 Å². The van der Waals surface area contributed by atoms with Gasteiger partial charge in [0.2, 0.25) is 0 Å². The second-order valence-electron chi connectivity index (χ2n) is 5.39. The zero-order valence-corrected chi connectivity index (χ0v) is 13.0. The quantitative estimate of drug-likeness (QED) is 0.626. The fourth-order valence-electron chi connectivity index (χ4n) is 2.11. The van der Waals surface area contributed by atoms with E-state index in [4.69, 9.17) is 0 Å². The van der Waals surface area contributed by atoms with Crippen molar-refractivity contribution in [2.75, 3.05) is 0 Å². The molecule has 0 aliphatic heterocycles. The molecule has 0 N–H and O–H groups in total. The summed E-state index contributed by atoms with van der Waals surface area (Å²) in [5, 5.41) is 0. The molecule has 3 rings (SSSR count). The third-order valence-corrected chi connectivity index (χ3v) is 3.39. The van der Waals surface area contributed by atoms with Gasteiger partial charge in [-0.3, -0.25) is 0 Å². The SMILES string of the molecule is Cc1cnc(-c2ccc(C#Cc3ccc(C)cc3F)cc2)nc1. The van der Waals surface area contributed by atoms with Gasteiger partial charge in [-0.25, -0.2) is 14.4 Å². The molecule has 0 aliphatic rings. The summed E-state index contributed by atoms with van der Waals surface area (Å²) in [6, 6.07) is 12.6. The lowest BCUT2D eigenvalue weighted by atomic mass is 10.1. The Labute approximate surface area is 135 Å². The van der Waals surface area contributed by atoms with E-state index in [1.807, 2.05) is 44.2 Å². The Kier molecular flexibility index (Phi) is 4.16. The minimum absolute atomic E-state index is 0.290. The van der Waals surface area contributed by atoms with Crippen LogP contribution in [-0.2, 0) is 0 Å². The Balaban J connectivity index is 1.83. The van der Waals surface area contributed by atoms with Crippen LogP contribution >= 0.6 is 0 Å². The van der Waals surface area contributed by atoms with E-state index in [9.17, 15) is 4.39 Å². The second kappa shape index (κ2) is 6.41. The molecule has 3 heteroatoms. The van der Waals surface area contributed by atoms with Crippen molar-refractivity contribution in [3.8, 4) is 23.2 Å². The standard InChI is InChI=1S/C20H15FN2/c1-14-3-7-17(19(21)11-14)8-4-16-5-9-18(10-6-16)20-22-12-15(2)13-23-20/h3,5-7,9-13H,1-2H3. The summed E-state index contributed by atoms with van der Waals surface area (Å²) in [6.07, 6.45) is 3.58. The Hall–Kier alpha value is -2.99. The van der Waals surface area contributed by atoms with Crippen molar-refractivity contribution in [1.29, 1.82) is 0 Å². The molecule has 0 unspecified atom stereocenters. The van der Waals surface area contributed by atoms with E-state index in [2.05, 4.69) is 21.8 Å².